The molecule has 1 fully saturated rings. The monoisotopic (exact) mass is 282 g/mol. The Morgan fingerprint density at radius 3 is 2.74 bits per heavy atom. The van der Waals surface area contributed by atoms with Crippen LogP contribution in [0.25, 0.3) is 0 Å². The van der Waals surface area contributed by atoms with Gasteiger partial charge in [0.05, 0.1) is 17.8 Å². The number of nitrogens with two attached hydrogens (primary N) is 1. The molecule has 1 aromatic heterocycles. The summed E-state index contributed by atoms with van der Waals surface area (Å²) < 4.78 is 4.79. The molecule has 0 aliphatic heterocycles. The van der Waals surface area contributed by atoms with E-state index in [9.17, 15) is 4.79 Å². The highest BCUT2D eigenvalue weighted by molar-refractivity contribution is 7.18. The van der Waals surface area contributed by atoms with E-state index in [2.05, 4.69) is 19.2 Å². The second kappa shape index (κ2) is 5.82. The SMILES string of the molecule is COC(=O)c1sc(NCCC(C)C)c(C2CC2)c1N. The predicted octanol–water partition coefficient (Wildman–Crippen LogP) is 3.45. The van der Waals surface area contributed by atoms with Gasteiger partial charge in [-0.3, -0.25) is 0 Å². The van der Waals surface area contributed by atoms with Crippen LogP contribution in [0.2, 0.25) is 0 Å². The first-order chi connectivity index (χ1) is 9.04. The molecule has 19 heavy (non-hydrogen) atoms. The lowest BCUT2D eigenvalue weighted by atomic mass is 10.1. The molecule has 3 N–H and O–H groups in total. The van der Waals surface area contributed by atoms with Gasteiger partial charge in [-0.2, -0.15) is 0 Å². The first kappa shape index (κ1) is 14.2. The first-order valence-electron chi connectivity index (χ1n) is 6.79. The van der Waals surface area contributed by atoms with Crippen molar-refractivity contribution in [3.8, 4) is 0 Å². The Labute approximate surface area is 118 Å². The van der Waals surface area contributed by atoms with Gasteiger partial charge in [-0.15, -0.1) is 11.3 Å². The lowest BCUT2D eigenvalue weighted by Crippen LogP contribution is -2.05. The first-order valence-corrected chi connectivity index (χ1v) is 7.60. The summed E-state index contributed by atoms with van der Waals surface area (Å²) in [6.07, 6.45) is 3.44. The fourth-order valence-electron chi connectivity index (χ4n) is 2.08. The maximum absolute atomic E-state index is 11.7. The second-order valence-electron chi connectivity index (χ2n) is 5.46. The Hall–Kier alpha value is -1.23. The minimum absolute atomic E-state index is 0.332. The van der Waals surface area contributed by atoms with Crippen LogP contribution in [0.15, 0.2) is 0 Å². The highest BCUT2D eigenvalue weighted by Crippen LogP contribution is 2.50. The van der Waals surface area contributed by atoms with E-state index in [0.717, 1.165) is 23.5 Å². The summed E-state index contributed by atoms with van der Waals surface area (Å²) in [5, 5.41) is 4.49. The zero-order valence-electron chi connectivity index (χ0n) is 11.8. The van der Waals surface area contributed by atoms with Crippen LogP contribution in [0.5, 0.6) is 0 Å². The van der Waals surface area contributed by atoms with Crippen molar-refractivity contribution in [1.82, 2.24) is 0 Å². The maximum Gasteiger partial charge on any atom is 0.350 e. The zero-order valence-corrected chi connectivity index (χ0v) is 12.6. The molecule has 0 aromatic carbocycles. The van der Waals surface area contributed by atoms with Gasteiger partial charge >= 0.3 is 5.97 Å². The van der Waals surface area contributed by atoms with Crippen molar-refractivity contribution >= 4 is 28.0 Å². The fraction of sp³-hybridized carbons (Fsp3) is 0.643. The van der Waals surface area contributed by atoms with Crippen LogP contribution < -0.4 is 11.1 Å². The van der Waals surface area contributed by atoms with Gasteiger partial charge in [0.2, 0.25) is 0 Å². The van der Waals surface area contributed by atoms with Crippen LogP contribution in [0.1, 0.15) is 54.3 Å². The Bertz CT molecular complexity index is 464. The molecule has 0 amide bonds. The minimum atomic E-state index is -0.332. The van der Waals surface area contributed by atoms with E-state index in [-0.39, 0.29) is 5.97 Å². The number of nitrogen functional groups attached to an aromatic ring is 1. The van der Waals surface area contributed by atoms with Gasteiger partial charge in [0.15, 0.2) is 0 Å². The van der Waals surface area contributed by atoms with Crippen LogP contribution in [-0.4, -0.2) is 19.6 Å². The molecule has 0 saturated heterocycles. The number of esters is 1. The van der Waals surface area contributed by atoms with Gasteiger partial charge in [0.25, 0.3) is 0 Å². The summed E-state index contributed by atoms with van der Waals surface area (Å²) in [5.41, 5.74) is 7.87. The zero-order chi connectivity index (χ0) is 14.0. The van der Waals surface area contributed by atoms with Crippen molar-refractivity contribution < 1.29 is 9.53 Å². The maximum atomic E-state index is 11.7. The second-order valence-corrected chi connectivity index (χ2v) is 6.48. The average Bonchev–Trinajstić information content (AvgIpc) is 3.13. The van der Waals surface area contributed by atoms with Crippen molar-refractivity contribution in [2.45, 2.75) is 39.0 Å². The Balaban J connectivity index is 2.18. The van der Waals surface area contributed by atoms with Crippen molar-refractivity contribution in [1.29, 1.82) is 0 Å². The molecule has 1 aliphatic carbocycles. The van der Waals surface area contributed by atoms with Crippen molar-refractivity contribution in [3.05, 3.63) is 10.4 Å². The predicted molar refractivity (Wildman–Crippen MR) is 80.0 cm³/mol. The largest absolute Gasteiger partial charge is 0.465 e. The third kappa shape index (κ3) is 3.21. The molecule has 1 saturated carbocycles. The minimum Gasteiger partial charge on any atom is -0.465 e. The number of rotatable bonds is 6. The van der Waals surface area contributed by atoms with Gasteiger partial charge in [-0.1, -0.05) is 13.8 Å². The Morgan fingerprint density at radius 2 is 2.21 bits per heavy atom. The van der Waals surface area contributed by atoms with Crippen molar-refractivity contribution in [2.75, 3.05) is 24.7 Å². The molecule has 2 rings (SSSR count). The summed E-state index contributed by atoms with van der Waals surface area (Å²) >= 11 is 1.43. The van der Waals surface area contributed by atoms with Crippen molar-refractivity contribution in [3.63, 3.8) is 0 Å². The molecule has 0 unspecified atom stereocenters. The van der Waals surface area contributed by atoms with E-state index in [1.807, 2.05) is 0 Å². The van der Waals surface area contributed by atoms with Crippen LogP contribution in [-0.2, 0) is 4.74 Å². The molecule has 4 nitrogen and oxygen atoms in total. The quantitative estimate of drug-likeness (QED) is 0.784. The summed E-state index contributed by atoms with van der Waals surface area (Å²) in [6.45, 7) is 5.32. The fourth-order valence-corrected chi connectivity index (χ4v) is 3.24. The normalized spacial score (nSPS) is 14.7. The number of methoxy groups -OCH3 is 1. The van der Waals surface area contributed by atoms with Crippen LogP contribution in [0.3, 0.4) is 0 Å². The molecule has 0 spiro atoms. The summed E-state index contributed by atoms with van der Waals surface area (Å²) in [6, 6.07) is 0. The van der Waals surface area contributed by atoms with E-state index in [1.165, 1.54) is 31.3 Å². The van der Waals surface area contributed by atoms with Crippen LogP contribution >= 0.6 is 11.3 Å². The number of thiophene rings is 1. The summed E-state index contributed by atoms with van der Waals surface area (Å²) in [4.78, 5) is 12.2. The topological polar surface area (TPSA) is 64.3 Å². The molecule has 106 valence electrons. The van der Waals surface area contributed by atoms with E-state index in [4.69, 9.17) is 10.5 Å². The number of anilines is 2. The van der Waals surface area contributed by atoms with E-state index < -0.39 is 0 Å². The number of ether oxygens (including phenoxy) is 1. The highest BCUT2D eigenvalue weighted by atomic mass is 32.1. The third-order valence-electron chi connectivity index (χ3n) is 3.35. The molecule has 1 aliphatic rings. The Morgan fingerprint density at radius 1 is 1.53 bits per heavy atom. The van der Waals surface area contributed by atoms with Crippen LogP contribution in [0, 0.1) is 5.92 Å². The number of hydrogen-bond acceptors (Lipinski definition) is 5. The molecule has 0 atom stereocenters. The molecular formula is C14H22N2O2S. The van der Waals surface area contributed by atoms with Gasteiger partial charge in [0, 0.05) is 12.1 Å². The van der Waals surface area contributed by atoms with Crippen LogP contribution in [0.4, 0.5) is 10.7 Å². The molecule has 1 heterocycles. The number of carbonyl (C=O) groups excluding carboxylic acids is 1. The number of nitrogens with one attached hydrogen (secondary N) is 1. The van der Waals surface area contributed by atoms with E-state index in [0.29, 0.717) is 22.4 Å². The summed E-state index contributed by atoms with van der Waals surface area (Å²) in [7, 11) is 1.39. The average molecular weight is 282 g/mol. The lowest BCUT2D eigenvalue weighted by molar-refractivity contribution is 0.0607. The third-order valence-corrected chi connectivity index (χ3v) is 4.51. The Kier molecular flexibility index (Phi) is 4.34. The van der Waals surface area contributed by atoms with Gasteiger partial charge in [0.1, 0.15) is 4.88 Å². The lowest BCUT2D eigenvalue weighted by Gasteiger charge is -2.08. The molecule has 1 aromatic rings. The highest BCUT2D eigenvalue weighted by Gasteiger charge is 2.33. The summed E-state index contributed by atoms with van der Waals surface area (Å²) in [5.74, 6) is 0.853. The molecule has 5 heteroatoms. The number of hydrogen-bond donors (Lipinski definition) is 2. The molecule has 0 bridgehead atoms. The van der Waals surface area contributed by atoms with E-state index in [1.54, 1.807) is 0 Å². The van der Waals surface area contributed by atoms with Gasteiger partial charge < -0.3 is 15.8 Å². The standard InChI is InChI=1S/C14H22N2O2S/c1-8(2)6-7-16-13-10(9-4-5-9)11(15)12(19-13)14(17)18-3/h8-9,16H,4-7,15H2,1-3H3. The molecule has 0 radical (unpaired) electrons. The van der Waals surface area contributed by atoms with Crippen molar-refractivity contribution in [2.24, 2.45) is 5.92 Å². The molecular weight excluding hydrogens is 260 g/mol. The van der Waals surface area contributed by atoms with Gasteiger partial charge in [-0.05, 0) is 31.1 Å². The van der Waals surface area contributed by atoms with Gasteiger partial charge in [-0.25, -0.2) is 4.79 Å². The number of carbonyl (C=O) groups is 1. The smallest absolute Gasteiger partial charge is 0.350 e. The van der Waals surface area contributed by atoms with E-state index >= 15 is 0 Å².